The monoisotopic (exact) mass is 1000 g/mol. The standard InChI is InChI=1S/C28H30ClFN4O2.C28H30F2N4O2/c1-20(10-11-21-6-3-2-4-7-21)32-28(36)22-12-13-26(31-19-22)33-14-16-34(17-15-33)27(35)18-23-24(29)8-5-9-25(23)30;29-24-11-8-22(19-25(24)30)9-13-27(35)34-17-15-33(16-18-34)26-12-10-23(20-32-26)28(36)31-14-4-7-21-5-2-1-3-6-21/h2-9,12-13,19-20H,10-11,14-18H2,1H3,(H,32,36);1-3,5-6,8,10-12,19-20H,4,7,9,13-18H2,(H,31,36). The molecule has 12 nitrogen and oxygen atoms in total. The van der Waals surface area contributed by atoms with Crippen molar-refractivity contribution in [2.75, 3.05) is 68.7 Å². The van der Waals surface area contributed by atoms with Crippen molar-refractivity contribution in [1.82, 2.24) is 30.4 Å². The molecule has 2 saturated heterocycles. The SMILES string of the molecule is CC(CCc1ccccc1)NC(=O)c1ccc(N2CCN(C(=O)Cc3c(F)cccc3Cl)CC2)nc1.O=C(NCCCc1ccccc1)c1ccc(N2CCN(C(=O)CCc3ccc(F)c(F)c3)CC2)nc1. The van der Waals surface area contributed by atoms with Crippen LogP contribution in [0.15, 0.2) is 134 Å². The molecule has 72 heavy (non-hydrogen) atoms. The number of pyridine rings is 2. The molecule has 1 atom stereocenters. The molecule has 16 heteroatoms. The van der Waals surface area contributed by atoms with Crippen LogP contribution in [0.4, 0.5) is 24.8 Å². The highest BCUT2D eigenvalue weighted by Gasteiger charge is 2.25. The Hall–Kier alpha value is -7.26. The minimum absolute atomic E-state index is 0.00775. The molecule has 376 valence electrons. The number of carbonyl (C=O) groups is 4. The Morgan fingerprint density at radius 3 is 1.71 bits per heavy atom. The van der Waals surface area contributed by atoms with Crippen molar-refractivity contribution in [2.45, 2.75) is 57.9 Å². The fourth-order valence-corrected chi connectivity index (χ4v) is 8.73. The minimum atomic E-state index is -0.896. The average Bonchev–Trinajstić information content (AvgIpc) is 3.41. The Bertz CT molecular complexity index is 2700. The van der Waals surface area contributed by atoms with Gasteiger partial charge in [-0.25, -0.2) is 23.1 Å². The third-order valence-corrected chi connectivity index (χ3v) is 13.1. The highest BCUT2D eigenvalue weighted by molar-refractivity contribution is 6.31. The number of aryl methyl sites for hydroxylation is 3. The van der Waals surface area contributed by atoms with Crippen LogP contribution in [0.3, 0.4) is 0 Å². The number of nitrogens with zero attached hydrogens (tertiary/aromatic N) is 6. The van der Waals surface area contributed by atoms with E-state index in [0.717, 1.165) is 49.5 Å². The summed E-state index contributed by atoms with van der Waals surface area (Å²) < 4.78 is 40.4. The van der Waals surface area contributed by atoms with E-state index < -0.39 is 17.5 Å². The summed E-state index contributed by atoms with van der Waals surface area (Å²) in [6.07, 6.45) is 7.27. The number of aromatic nitrogens is 2. The van der Waals surface area contributed by atoms with Gasteiger partial charge in [0, 0.05) is 94.3 Å². The van der Waals surface area contributed by atoms with Gasteiger partial charge in [0.2, 0.25) is 11.8 Å². The van der Waals surface area contributed by atoms with E-state index in [0.29, 0.717) is 82.0 Å². The summed E-state index contributed by atoms with van der Waals surface area (Å²) in [5, 5.41) is 6.24. The van der Waals surface area contributed by atoms with E-state index in [1.54, 1.807) is 40.4 Å². The lowest BCUT2D eigenvalue weighted by Crippen LogP contribution is -2.49. The molecular weight excluding hydrogens is 941 g/mol. The van der Waals surface area contributed by atoms with E-state index in [1.807, 2.05) is 55.5 Å². The number of benzene rings is 4. The second-order valence-electron chi connectivity index (χ2n) is 17.9. The smallest absolute Gasteiger partial charge is 0.253 e. The molecule has 0 saturated carbocycles. The van der Waals surface area contributed by atoms with Crippen LogP contribution in [0, 0.1) is 17.5 Å². The number of carbonyl (C=O) groups excluding carboxylic acids is 4. The van der Waals surface area contributed by atoms with Crippen LogP contribution in [0.5, 0.6) is 0 Å². The van der Waals surface area contributed by atoms with Gasteiger partial charge in [-0.2, -0.15) is 0 Å². The molecule has 2 aliphatic heterocycles. The van der Waals surface area contributed by atoms with E-state index >= 15 is 0 Å². The quantitative estimate of drug-likeness (QED) is 0.0871. The molecule has 2 aromatic heterocycles. The number of hydrogen-bond acceptors (Lipinski definition) is 8. The Morgan fingerprint density at radius 2 is 1.15 bits per heavy atom. The van der Waals surface area contributed by atoms with Gasteiger partial charge in [-0.1, -0.05) is 84.4 Å². The van der Waals surface area contributed by atoms with Crippen LogP contribution >= 0.6 is 11.6 Å². The van der Waals surface area contributed by atoms with Gasteiger partial charge in [0.15, 0.2) is 11.6 Å². The molecule has 0 spiro atoms. The molecule has 8 rings (SSSR count). The number of anilines is 2. The maximum Gasteiger partial charge on any atom is 0.253 e. The second kappa shape index (κ2) is 26.3. The topological polar surface area (TPSA) is 131 Å². The number of piperazine rings is 2. The van der Waals surface area contributed by atoms with Crippen molar-refractivity contribution in [3.05, 3.63) is 190 Å². The lowest BCUT2D eigenvalue weighted by molar-refractivity contribution is -0.132. The van der Waals surface area contributed by atoms with Crippen molar-refractivity contribution in [2.24, 2.45) is 0 Å². The largest absolute Gasteiger partial charge is 0.353 e. The van der Waals surface area contributed by atoms with Crippen LogP contribution in [0.2, 0.25) is 5.02 Å². The normalized spacial score (nSPS) is 14.0. The molecule has 4 aromatic carbocycles. The Morgan fingerprint density at radius 1 is 0.583 bits per heavy atom. The van der Waals surface area contributed by atoms with Crippen molar-refractivity contribution in [1.29, 1.82) is 0 Å². The van der Waals surface area contributed by atoms with Crippen LogP contribution in [-0.4, -0.2) is 108 Å². The summed E-state index contributed by atoms with van der Waals surface area (Å²) in [5.41, 5.74) is 4.37. The molecule has 4 heterocycles. The number of hydrogen-bond donors (Lipinski definition) is 2. The minimum Gasteiger partial charge on any atom is -0.353 e. The van der Waals surface area contributed by atoms with Gasteiger partial charge in [-0.05, 0) is 104 Å². The first-order valence-electron chi connectivity index (χ1n) is 24.4. The molecule has 0 aliphatic carbocycles. The second-order valence-corrected chi connectivity index (χ2v) is 18.3. The predicted molar refractivity (Wildman–Crippen MR) is 275 cm³/mol. The fourth-order valence-electron chi connectivity index (χ4n) is 8.50. The van der Waals surface area contributed by atoms with Crippen molar-refractivity contribution < 1.29 is 32.3 Å². The van der Waals surface area contributed by atoms with Crippen LogP contribution < -0.4 is 20.4 Å². The van der Waals surface area contributed by atoms with Gasteiger partial charge in [0.1, 0.15) is 17.5 Å². The first-order chi connectivity index (χ1) is 34.9. The maximum atomic E-state index is 14.0. The molecule has 0 radical (unpaired) electrons. The molecule has 6 aromatic rings. The number of nitrogens with one attached hydrogen (secondary N) is 2. The number of amides is 4. The van der Waals surface area contributed by atoms with E-state index in [4.69, 9.17) is 11.6 Å². The van der Waals surface area contributed by atoms with E-state index in [9.17, 15) is 32.3 Å². The Balaban J connectivity index is 0.000000211. The summed E-state index contributed by atoms with van der Waals surface area (Å²) >= 11 is 6.06. The van der Waals surface area contributed by atoms with Crippen molar-refractivity contribution >= 4 is 46.9 Å². The summed E-state index contributed by atoms with van der Waals surface area (Å²) in [5.74, 6) is -1.16. The predicted octanol–water partition coefficient (Wildman–Crippen LogP) is 8.52. The lowest BCUT2D eigenvalue weighted by Gasteiger charge is -2.35. The third-order valence-electron chi connectivity index (χ3n) is 12.8. The van der Waals surface area contributed by atoms with Crippen LogP contribution in [0.1, 0.15) is 69.2 Å². The first-order valence-corrected chi connectivity index (χ1v) is 24.8. The highest BCUT2D eigenvalue weighted by Crippen LogP contribution is 2.22. The number of rotatable bonds is 17. The van der Waals surface area contributed by atoms with Crippen molar-refractivity contribution in [3.63, 3.8) is 0 Å². The third kappa shape index (κ3) is 15.4. The number of halogens is 4. The first kappa shape index (κ1) is 52.6. The molecule has 2 aliphatic rings. The zero-order valence-corrected chi connectivity index (χ0v) is 41.2. The molecule has 1 unspecified atom stereocenters. The Labute approximate surface area is 424 Å². The van der Waals surface area contributed by atoms with Gasteiger partial charge in [-0.3, -0.25) is 19.2 Å². The van der Waals surface area contributed by atoms with Crippen LogP contribution in [0.25, 0.3) is 0 Å². The Kier molecular flexibility index (Phi) is 19.2. The summed E-state index contributed by atoms with van der Waals surface area (Å²) in [7, 11) is 0. The molecule has 2 fully saturated rings. The molecular formula is C56H60ClF3N8O4. The molecule has 0 bridgehead atoms. The fraction of sp³-hybridized carbons (Fsp3) is 0.321. The zero-order valence-electron chi connectivity index (χ0n) is 40.4. The lowest BCUT2D eigenvalue weighted by atomic mass is 10.1. The summed E-state index contributed by atoms with van der Waals surface area (Å²) in [6.45, 7) is 7.21. The van der Waals surface area contributed by atoms with Gasteiger partial charge >= 0.3 is 0 Å². The summed E-state index contributed by atoms with van der Waals surface area (Å²) in [4.78, 5) is 66.9. The average molecular weight is 1000 g/mol. The highest BCUT2D eigenvalue weighted by atomic mass is 35.5. The van der Waals surface area contributed by atoms with Gasteiger partial charge in [0.05, 0.1) is 17.5 Å². The van der Waals surface area contributed by atoms with E-state index in [2.05, 4.69) is 54.7 Å². The van der Waals surface area contributed by atoms with E-state index in [-0.39, 0.29) is 53.1 Å². The molecule has 2 N–H and O–H groups in total. The van der Waals surface area contributed by atoms with Crippen molar-refractivity contribution in [3.8, 4) is 0 Å². The molecule has 4 amide bonds. The van der Waals surface area contributed by atoms with Crippen LogP contribution in [-0.2, 0) is 35.3 Å². The van der Waals surface area contributed by atoms with Gasteiger partial charge in [-0.15, -0.1) is 0 Å². The van der Waals surface area contributed by atoms with Gasteiger partial charge in [0.25, 0.3) is 11.8 Å². The van der Waals surface area contributed by atoms with E-state index in [1.165, 1.54) is 29.3 Å². The zero-order chi connectivity index (χ0) is 50.8. The maximum absolute atomic E-state index is 14.0. The summed E-state index contributed by atoms with van der Waals surface area (Å²) in [6, 6.07) is 35.8. The van der Waals surface area contributed by atoms with Gasteiger partial charge < -0.3 is 30.2 Å².